The van der Waals surface area contributed by atoms with Crippen LogP contribution in [0.1, 0.15) is 25.5 Å². The van der Waals surface area contributed by atoms with Gasteiger partial charge in [0.05, 0.1) is 5.69 Å². The Balaban J connectivity index is 1.72. The highest BCUT2D eigenvalue weighted by atomic mass is 15.1. The van der Waals surface area contributed by atoms with Crippen molar-refractivity contribution in [2.45, 2.75) is 32.4 Å². The van der Waals surface area contributed by atoms with Gasteiger partial charge in [-0.3, -0.25) is 0 Å². The Labute approximate surface area is 97.1 Å². The Kier molecular flexibility index (Phi) is 4.25. The molecule has 4 nitrogen and oxygen atoms in total. The number of nitrogens with zero attached hydrogens (tertiary/aromatic N) is 3. The molecule has 1 aliphatic rings. The summed E-state index contributed by atoms with van der Waals surface area (Å²) in [7, 11) is 0. The lowest BCUT2D eigenvalue weighted by Gasteiger charge is -2.31. The zero-order valence-electron chi connectivity index (χ0n) is 9.89. The summed E-state index contributed by atoms with van der Waals surface area (Å²) in [6.45, 7) is 6.71. The van der Waals surface area contributed by atoms with E-state index in [9.17, 15) is 0 Å². The zero-order chi connectivity index (χ0) is 11.2. The van der Waals surface area contributed by atoms with Crippen molar-refractivity contribution >= 4 is 0 Å². The third-order valence-electron chi connectivity index (χ3n) is 3.25. The number of piperidine rings is 1. The predicted octanol–water partition coefficient (Wildman–Crippen LogP) is 1.05. The highest BCUT2D eigenvalue weighted by Crippen LogP contribution is 2.10. The number of hydrogen-bond acceptors (Lipinski definition) is 4. The third kappa shape index (κ3) is 3.25. The normalized spacial score (nSPS) is 18.8. The van der Waals surface area contributed by atoms with E-state index in [1.807, 2.05) is 6.07 Å². The molecule has 0 aliphatic carbocycles. The molecule has 0 amide bonds. The van der Waals surface area contributed by atoms with Crippen LogP contribution >= 0.6 is 0 Å². The van der Waals surface area contributed by atoms with Gasteiger partial charge < -0.3 is 10.2 Å². The van der Waals surface area contributed by atoms with Crippen molar-refractivity contribution in [3.63, 3.8) is 0 Å². The molecule has 16 heavy (non-hydrogen) atoms. The molecule has 1 saturated heterocycles. The van der Waals surface area contributed by atoms with E-state index in [1.54, 1.807) is 12.5 Å². The van der Waals surface area contributed by atoms with Crippen LogP contribution in [0.5, 0.6) is 0 Å². The van der Waals surface area contributed by atoms with Gasteiger partial charge in [0.1, 0.15) is 6.33 Å². The number of nitrogens with one attached hydrogen (secondary N) is 1. The molecule has 1 aromatic heterocycles. The van der Waals surface area contributed by atoms with E-state index in [1.165, 1.54) is 32.5 Å². The number of likely N-dealkylation sites (tertiary alicyclic amines) is 1. The zero-order valence-corrected chi connectivity index (χ0v) is 9.89. The average molecular weight is 220 g/mol. The molecule has 0 atom stereocenters. The lowest BCUT2D eigenvalue weighted by atomic mass is 10.1. The maximum Gasteiger partial charge on any atom is 0.115 e. The molecule has 1 N–H and O–H groups in total. The number of hydrogen-bond donors (Lipinski definition) is 1. The highest BCUT2D eigenvalue weighted by molar-refractivity contribution is 4.97. The Hall–Kier alpha value is -1.00. The molecule has 0 radical (unpaired) electrons. The van der Waals surface area contributed by atoms with E-state index in [2.05, 4.69) is 27.1 Å². The highest BCUT2D eigenvalue weighted by Gasteiger charge is 2.17. The summed E-state index contributed by atoms with van der Waals surface area (Å²) >= 11 is 0. The van der Waals surface area contributed by atoms with E-state index in [4.69, 9.17) is 0 Å². The molecule has 0 unspecified atom stereocenters. The Morgan fingerprint density at radius 3 is 2.88 bits per heavy atom. The van der Waals surface area contributed by atoms with Crippen LogP contribution in [0.4, 0.5) is 0 Å². The molecule has 2 rings (SSSR count). The standard InChI is InChI=1S/C12H20N4/c1-2-16-7-4-11(5-8-16)14-9-12-3-6-13-10-15-12/h3,6,10-11,14H,2,4-5,7-9H2,1H3. The van der Waals surface area contributed by atoms with Crippen molar-refractivity contribution in [1.82, 2.24) is 20.2 Å². The van der Waals surface area contributed by atoms with Crippen LogP contribution in [0.3, 0.4) is 0 Å². The third-order valence-corrected chi connectivity index (χ3v) is 3.25. The lowest BCUT2D eigenvalue weighted by Crippen LogP contribution is -2.42. The molecule has 2 heterocycles. The molecule has 0 aromatic carbocycles. The second-order valence-corrected chi connectivity index (χ2v) is 4.29. The van der Waals surface area contributed by atoms with Gasteiger partial charge in [0.25, 0.3) is 0 Å². The second kappa shape index (κ2) is 5.92. The Bertz CT molecular complexity index is 293. The van der Waals surface area contributed by atoms with Crippen LogP contribution in [-0.2, 0) is 6.54 Å². The van der Waals surface area contributed by atoms with E-state index in [-0.39, 0.29) is 0 Å². The van der Waals surface area contributed by atoms with Crippen LogP contribution in [0, 0.1) is 0 Å². The van der Waals surface area contributed by atoms with Crippen LogP contribution in [0.25, 0.3) is 0 Å². The molecule has 0 spiro atoms. The number of aromatic nitrogens is 2. The molecule has 0 bridgehead atoms. The Morgan fingerprint density at radius 2 is 2.25 bits per heavy atom. The predicted molar refractivity (Wildman–Crippen MR) is 64.0 cm³/mol. The first-order valence-electron chi connectivity index (χ1n) is 6.09. The smallest absolute Gasteiger partial charge is 0.115 e. The van der Waals surface area contributed by atoms with E-state index in [0.717, 1.165) is 12.2 Å². The molecule has 1 aliphatic heterocycles. The molecular formula is C12H20N4. The van der Waals surface area contributed by atoms with Crippen molar-refractivity contribution < 1.29 is 0 Å². The summed E-state index contributed by atoms with van der Waals surface area (Å²) in [5.74, 6) is 0. The fourth-order valence-electron chi connectivity index (χ4n) is 2.12. The van der Waals surface area contributed by atoms with Crippen LogP contribution in [-0.4, -0.2) is 40.5 Å². The van der Waals surface area contributed by atoms with Crippen molar-refractivity contribution in [3.05, 3.63) is 24.3 Å². The Morgan fingerprint density at radius 1 is 1.44 bits per heavy atom. The van der Waals surface area contributed by atoms with E-state index in [0.29, 0.717) is 6.04 Å². The minimum Gasteiger partial charge on any atom is -0.308 e. The van der Waals surface area contributed by atoms with Crippen molar-refractivity contribution in [3.8, 4) is 0 Å². The molecule has 1 aromatic rings. The van der Waals surface area contributed by atoms with Gasteiger partial charge >= 0.3 is 0 Å². The second-order valence-electron chi connectivity index (χ2n) is 4.29. The molecule has 4 heteroatoms. The van der Waals surface area contributed by atoms with Gasteiger partial charge in [-0.15, -0.1) is 0 Å². The maximum absolute atomic E-state index is 4.21. The first kappa shape index (κ1) is 11.5. The molecular weight excluding hydrogens is 200 g/mol. The van der Waals surface area contributed by atoms with Crippen molar-refractivity contribution in [1.29, 1.82) is 0 Å². The topological polar surface area (TPSA) is 41.0 Å². The average Bonchev–Trinajstić information content (AvgIpc) is 2.38. The molecule has 88 valence electrons. The summed E-state index contributed by atoms with van der Waals surface area (Å²) < 4.78 is 0. The van der Waals surface area contributed by atoms with Crippen molar-refractivity contribution in [2.75, 3.05) is 19.6 Å². The van der Waals surface area contributed by atoms with Crippen LogP contribution < -0.4 is 5.32 Å². The maximum atomic E-state index is 4.21. The van der Waals surface area contributed by atoms with Gasteiger partial charge in [0.15, 0.2) is 0 Å². The SMILES string of the molecule is CCN1CCC(NCc2ccncn2)CC1. The summed E-state index contributed by atoms with van der Waals surface area (Å²) in [6.07, 6.45) is 5.90. The van der Waals surface area contributed by atoms with Crippen LogP contribution in [0.2, 0.25) is 0 Å². The quantitative estimate of drug-likeness (QED) is 0.823. The largest absolute Gasteiger partial charge is 0.308 e. The molecule has 1 fully saturated rings. The first-order chi connectivity index (χ1) is 7.88. The van der Waals surface area contributed by atoms with E-state index < -0.39 is 0 Å². The van der Waals surface area contributed by atoms with Gasteiger partial charge in [-0.05, 0) is 38.5 Å². The first-order valence-corrected chi connectivity index (χ1v) is 6.09. The minimum absolute atomic E-state index is 0.651. The summed E-state index contributed by atoms with van der Waals surface area (Å²) in [5, 5.41) is 3.57. The molecule has 0 saturated carbocycles. The van der Waals surface area contributed by atoms with Crippen molar-refractivity contribution in [2.24, 2.45) is 0 Å². The van der Waals surface area contributed by atoms with E-state index >= 15 is 0 Å². The van der Waals surface area contributed by atoms with Gasteiger partial charge in [0, 0.05) is 18.8 Å². The lowest BCUT2D eigenvalue weighted by molar-refractivity contribution is 0.205. The summed E-state index contributed by atoms with van der Waals surface area (Å²) in [6, 6.07) is 2.62. The summed E-state index contributed by atoms with van der Waals surface area (Å²) in [4.78, 5) is 10.6. The van der Waals surface area contributed by atoms with Gasteiger partial charge in [-0.2, -0.15) is 0 Å². The fourth-order valence-corrected chi connectivity index (χ4v) is 2.12. The van der Waals surface area contributed by atoms with Crippen LogP contribution in [0.15, 0.2) is 18.6 Å². The van der Waals surface area contributed by atoms with Gasteiger partial charge in [-0.25, -0.2) is 9.97 Å². The summed E-state index contributed by atoms with van der Waals surface area (Å²) in [5.41, 5.74) is 1.08. The monoisotopic (exact) mass is 220 g/mol. The van der Waals surface area contributed by atoms with Gasteiger partial charge in [0.2, 0.25) is 0 Å². The fraction of sp³-hybridized carbons (Fsp3) is 0.667. The minimum atomic E-state index is 0.651. The number of rotatable bonds is 4. The van der Waals surface area contributed by atoms with Gasteiger partial charge in [-0.1, -0.05) is 6.92 Å².